The molecule has 22 heavy (non-hydrogen) atoms. The first kappa shape index (κ1) is 19.1. The number of aryl methyl sites for hydroxylation is 1. The molecule has 1 fully saturated rings. The highest BCUT2D eigenvalue weighted by atomic mass is 35.5. The Morgan fingerprint density at radius 1 is 1.18 bits per heavy atom. The Labute approximate surface area is 140 Å². The van der Waals surface area contributed by atoms with Gasteiger partial charge in [-0.1, -0.05) is 13.8 Å². The van der Waals surface area contributed by atoms with Gasteiger partial charge in [-0.25, -0.2) is 9.97 Å². The van der Waals surface area contributed by atoms with Gasteiger partial charge >= 0.3 is 0 Å². The number of piperazine rings is 1. The van der Waals surface area contributed by atoms with Gasteiger partial charge in [0.15, 0.2) is 0 Å². The molecule has 0 bridgehead atoms. The molecule has 0 amide bonds. The van der Waals surface area contributed by atoms with Crippen LogP contribution in [0.1, 0.15) is 45.0 Å². The number of hydrogen-bond donors (Lipinski definition) is 1. The van der Waals surface area contributed by atoms with E-state index in [1.54, 1.807) is 0 Å². The molecule has 1 aromatic rings. The third-order valence-corrected chi connectivity index (χ3v) is 3.74. The fourth-order valence-electron chi connectivity index (χ4n) is 2.70. The van der Waals surface area contributed by atoms with Crippen LogP contribution in [0.3, 0.4) is 0 Å². The standard InChI is InChI=1S/C16H29N5.ClH/c1-12(2)14-10-13(3)18-15(19-14)21-8-6-20(7-9-21)11-16(4,5)17;/h10,12H,6-9,11,17H2,1-5H3;1H. The van der Waals surface area contributed by atoms with Crippen molar-refractivity contribution < 1.29 is 0 Å². The highest BCUT2D eigenvalue weighted by molar-refractivity contribution is 5.85. The third-order valence-electron chi connectivity index (χ3n) is 3.74. The van der Waals surface area contributed by atoms with E-state index in [0.717, 1.165) is 50.1 Å². The van der Waals surface area contributed by atoms with Crippen molar-refractivity contribution in [2.45, 2.75) is 46.1 Å². The Balaban J connectivity index is 0.00000242. The van der Waals surface area contributed by atoms with E-state index >= 15 is 0 Å². The third kappa shape index (κ3) is 5.38. The molecule has 2 heterocycles. The zero-order chi connectivity index (χ0) is 15.6. The van der Waals surface area contributed by atoms with Crippen LogP contribution >= 0.6 is 12.4 Å². The smallest absolute Gasteiger partial charge is 0.225 e. The van der Waals surface area contributed by atoms with Gasteiger partial charge in [0.2, 0.25) is 5.95 Å². The van der Waals surface area contributed by atoms with Gasteiger partial charge in [0.05, 0.1) is 0 Å². The van der Waals surface area contributed by atoms with Crippen LogP contribution < -0.4 is 10.6 Å². The number of aromatic nitrogens is 2. The average Bonchev–Trinajstić information content (AvgIpc) is 2.37. The Bertz CT molecular complexity index is 476. The lowest BCUT2D eigenvalue weighted by atomic mass is 10.1. The summed E-state index contributed by atoms with van der Waals surface area (Å²) in [7, 11) is 0. The zero-order valence-electron chi connectivity index (χ0n) is 14.5. The molecular formula is C16H30ClN5. The molecule has 0 spiro atoms. The topological polar surface area (TPSA) is 58.3 Å². The van der Waals surface area contributed by atoms with Crippen molar-refractivity contribution >= 4 is 18.4 Å². The molecule has 1 aliphatic rings. The van der Waals surface area contributed by atoms with Crippen LogP contribution in [-0.4, -0.2) is 53.1 Å². The van der Waals surface area contributed by atoms with E-state index < -0.39 is 0 Å². The highest BCUT2D eigenvalue weighted by Crippen LogP contribution is 2.18. The average molecular weight is 328 g/mol. The maximum Gasteiger partial charge on any atom is 0.225 e. The second kappa shape index (κ2) is 7.57. The number of halogens is 1. The van der Waals surface area contributed by atoms with Crippen molar-refractivity contribution in [1.82, 2.24) is 14.9 Å². The van der Waals surface area contributed by atoms with Gasteiger partial charge in [-0.2, -0.15) is 0 Å². The summed E-state index contributed by atoms with van der Waals surface area (Å²) in [4.78, 5) is 14.1. The SMILES string of the molecule is Cc1cc(C(C)C)nc(N2CCN(CC(C)(C)N)CC2)n1.Cl. The summed E-state index contributed by atoms with van der Waals surface area (Å²) in [5, 5.41) is 0. The van der Waals surface area contributed by atoms with E-state index in [1.165, 1.54) is 0 Å². The second-order valence-electron chi connectivity index (χ2n) is 7.14. The van der Waals surface area contributed by atoms with E-state index in [-0.39, 0.29) is 17.9 Å². The number of hydrogen-bond acceptors (Lipinski definition) is 5. The number of rotatable bonds is 4. The molecule has 0 radical (unpaired) electrons. The molecule has 0 atom stereocenters. The molecule has 1 saturated heterocycles. The maximum absolute atomic E-state index is 6.11. The summed E-state index contributed by atoms with van der Waals surface area (Å²) in [5.74, 6) is 1.31. The van der Waals surface area contributed by atoms with Gasteiger partial charge in [0, 0.05) is 49.7 Å². The molecule has 5 nitrogen and oxygen atoms in total. The Morgan fingerprint density at radius 3 is 2.27 bits per heavy atom. The van der Waals surface area contributed by atoms with Crippen LogP contribution in [0.2, 0.25) is 0 Å². The van der Waals surface area contributed by atoms with E-state index in [4.69, 9.17) is 10.7 Å². The molecular weight excluding hydrogens is 298 g/mol. The van der Waals surface area contributed by atoms with E-state index in [0.29, 0.717) is 5.92 Å². The lowest BCUT2D eigenvalue weighted by Crippen LogP contribution is -2.53. The first-order valence-electron chi connectivity index (χ1n) is 7.86. The van der Waals surface area contributed by atoms with Crippen molar-refractivity contribution in [3.8, 4) is 0 Å². The molecule has 0 aliphatic carbocycles. The van der Waals surface area contributed by atoms with Gasteiger partial charge in [0.25, 0.3) is 0 Å². The second-order valence-corrected chi connectivity index (χ2v) is 7.14. The molecule has 1 aliphatic heterocycles. The van der Waals surface area contributed by atoms with Crippen LogP contribution in [0, 0.1) is 6.92 Å². The van der Waals surface area contributed by atoms with Gasteiger partial charge in [0.1, 0.15) is 0 Å². The van der Waals surface area contributed by atoms with Gasteiger partial charge in [-0.15, -0.1) is 12.4 Å². The minimum atomic E-state index is -0.132. The maximum atomic E-state index is 6.11. The molecule has 6 heteroatoms. The number of anilines is 1. The molecule has 0 aromatic carbocycles. The van der Waals surface area contributed by atoms with Crippen molar-refractivity contribution in [3.05, 3.63) is 17.5 Å². The lowest BCUT2D eigenvalue weighted by molar-refractivity contribution is 0.213. The van der Waals surface area contributed by atoms with Gasteiger partial charge in [-0.3, -0.25) is 4.90 Å². The largest absolute Gasteiger partial charge is 0.338 e. The van der Waals surface area contributed by atoms with E-state index in [2.05, 4.69) is 48.5 Å². The fraction of sp³-hybridized carbons (Fsp3) is 0.750. The van der Waals surface area contributed by atoms with Crippen molar-refractivity contribution in [1.29, 1.82) is 0 Å². The summed E-state index contributed by atoms with van der Waals surface area (Å²) in [5.41, 5.74) is 8.15. The molecule has 2 N–H and O–H groups in total. The monoisotopic (exact) mass is 327 g/mol. The summed E-state index contributed by atoms with van der Waals surface area (Å²) in [6.07, 6.45) is 0. The van der Waals surface area contributed by atoms with Crippen molar-refractivity contribution in [2.75, 3.05) is 37.6 Å². The zero-order valence-corrected chi connectivity index (χ0v) is 15.3. The van der Waals surface area contributed by atoms with Crippen LogP contribution in [0.25, 0.3) is 0 Å². The highest BCUT2D eigenvalue weighted by Gasteiger charge is 2.23. The summed E-state index contributed by atoms with van der Waals surface area (Å²) in [6.45, 7) is 15.5. The molecule has 2 rings (SSSR count). The van der Waals surface area contributed by atoms with Crippen LogP contribution in [0.5, 0.6) is 0 Å². The summed E-state index contributed by atoms with van der Waals surface area (Å²) >= 11 is 0. The normalized spacial score (nSPS) is 16.8. The Hall–Kier alpha value is -0.910. The minimum absolute atomic E-state index is 0. The molecule has 1 aromatic heterocycles. The van der Waals surface area contributed by atoms with Crippen molar-refractivity contribution in [3.63, 3.8) is 0 Å². The quantitative estimate of drug-likeness (QED) is 0.918. The molecule has 0 unspecified atom stereocenters. The van der Waals surface area contributed by atoms with Gasteiger partial charge < -0.3 is 10.6 Å². The fourth-order valence-corrected chi connectivity index (χ4v) is 2.70. The Morgan fingerprint density at radius 2 is 1.77 bits per heavy atom. The van der Waals surface area contributed by atoms with Crippen LogP contribution in [0.4, 0.5) is 5.95 Å². The molecule has 0 saturated carbocycles. The van der Waals surface area contributed by atoms with Crippen LogP contribution in [0.15, 0.2) is 6.07 Å². The number of nitrogens with two attached hydrogens (primary N) is 1. The van der Waals surface area contributed by atoms with E-state index in [9.17, 15) is 0 Å². The van der Waals surface area contributed by atoms with E-state index in [1.807, 2.05) is 6.92 Å². The molecule has 126 valence electrons. The van der Waals surface area contributed by atoms with Crippen molar-refractivity contribution in [2.24, 2.45) is 5.73 Å². The first-order chi connectivity index (χ1) is 9.74. The van der Waals surface area contributed by atoms with Crippen LogP contribution in [-0.2, 0) is 0 Å². The summed E-state index contributed by atoms with van der Waals surface area (Å²) < 4.78 is 0. The Kier molecular flexibility index (Phi) is 6.59. The predicted octanol–water partition coefficient (Wildman–Crippen LogP) is 2.19. The predicted molar refractivity (Wildman–Crippen MR) is 95.0 cm³/mol. The lowest BCUT2D eigenvalue weighted by Gasteiger charge is -2.37. The minimum Gasteiger partial charge on any atom is -0.338 e. The summed E-state index contributed by atoms with van der Waals surface area (Å²) in [6, 6.07) is 2.08. The van der Waals surface area contributed by atoms with Gasteiger partial charge in [-0.05, 0) is 32.8 Å². The first-order valence-corrected chi connectivity index (χ1v) is 7.86. The number of nitrogens with zero attached hydrogens (tertiary/aromatic N) is 4.